The molecule has 0 spiro atoms. The molecule has 0 unspecified atom stereocenters. The molecule has 98 valence electrons. The van der Waals surface area contributed by atoms with Crippen LogP contribution in [0.2, 0.25) is 0 Å². The number of rotatable bonds is 5. The van der Waals surface area contributed by atoms with E-state index in [0.29, 0.717) is 16.5 Å². The van der Waals surface area contributed by atoms with E-state index in [4.69, 9.17) is 5.11 Å². The first-order valence-electron chi connectivity index (χ1n) is 5.20. The molecule has 0 aliphatic rings. The van der Waals surface area contributed by atoms with Crippen molar-refractivity contribution in [2.75, 3.05) is 5.75 Å². The largest absolute Gasteiger partial charge is 0.478 e. The lowest BCUT2D eigenvalue weighted by Crippen LogP contribution is -2.11. The van der Waals surface area contributed by atoms with E-state index in [1.165, 1.54) is 18.2 Å². The van der Waals surface area contributed by atoms with Gasteiger partial charge in [-0.25, -0.2) is 13.2 Å². The summed E-state index contributed by atoms with van der Waals surface area (Å²) in [4.78, 5) is 10.9. The fourth-order valence-corrected chi connectivity index (χ4v) is 3.94. The van der Waals surface area contributed by atoms with Gasteiger partial charge in [-0.05, 0) is 24.1 Å². The smallest absolute Gasteiger partial charge is 0.335 e. The second kappa shape index (κ2) is 5.67. The van der Waals surface area contributed by atoms with Gasteiger partial charge in [-0.1, -0.05) is 35.5 Å². The number of sulfone groups is 1. The summed E-state index contributed by atoms with van der Waals surface area (Å²) in [6.07, 6.45) is 0.517. The van der Waals surface area contributed by atoms with Gasteiger partial charge in [-0.15, -0.1) is 0 Å². The van der Waals surface area contributed by atoms with Gasteiger partial charge < -0.3 is 5.11 Å². The average molecular weight is 333 g/mol. The highest BCUT2D eigenvalue weighted by molar-refractivity contribution is 9.11. The van der Waals surface area contributed by atoms with Crippen LogP contribution >= 0.6 is 15.9 Å². The van der Waals surface area contributed by atoms with Crippen molar-refractivity contribution in [2.45, 2.75) is 18.2 Å². The minimum atomic E-state index is -3.57. The third-order valence-electron chi connectivity index (χ3n) is 2.38. The fraction of sp³-hybridized carbons (Fsp3) is 0.250. The van der Waals surface area contributed by atoms with Gasteiger partial charge in [-0.2, -0.15) is 0 Å². The number of halogens is 1. The zero-order valence-electron chi connectivity index (χ0n) is 9.81. The van der Waals surface area contributed by atoms with Crippen molar-refractivity contribution in [2.24, 2.45) is 0 Å². The van der Waals surface area contributed by atoms with E-state index in [9.17, 15) is 13.2 Å². The molecule has 0 aliphatic heterocycles. The molecule has 1 aromatic rings. The molecule has 0 aliphatic carbocycles. The summed E-state index contributed by atoms with van der Waals surface area (Å²) in [6.45, 7) is 5.32. The molecular weight excluding hydrogens is 320 g/mol. The van der Waals surface area contributed by atoms with Crippen LogP contribution in [0.4, 0.5) is 0 Å². The third kappa shape index (κ3) is 3.43. The van der Waals surface area contributed by atoms with Crippen LogP contribution in [0.25, 0.3) is 0 Å². The molecule has 0 saturated carbocycles. The van der Waals surface area contributed by atoms with Crippen molar-refractivity contribution in [3.63, 3.8) is 0 Å². The number of aryl methyl sites for hydroxylation is 1. The Morgan fingerprint density at radius 1 is 1.44 bits per heavy atom. The summed E-state index contributed by atoms with van der Waals surface area (Å²) in [5.41, 5.74) is 0.569. The molecule has 1 N–H and O–H groups in total. The van der Waals surface area contributed by atoms with Crippen LogP contribution in [0.3, 0.4) is 0 Å². The SMILES string of the molecule is C=C(Br)CS(=O)(=O)c1cc(C(=O)O)ccc1CC. The Morgan fingerprint density at radius 2 is 2.06 bits per heavy atom. The van der Waals surface area contributed by atoms with E-state index >= 15 is 0 Å². The third-order valence-corrected chi connectivity index (χ3v) is 4.81. The maximum atomic E-state index is 12.1. The summed E-state index contributed by atoms with van der Waals surface area (Å²) in [6, 6.07) is 4.14. The van der Waals surface area contributed by atoms with Crippen molar-refractivity contribution in [1.29, 1.82) is 0 Å². The predicted octanol–water partition coefficient (Wildman–Crippen LogP) is 2.63. The molecule has 18 heavy (non-hydrogen) atoms. The number of hydrogen-bond donors (Lipinski definition) is 1. The summed E-state index contributed by atoms with van der Waals surface area (Å²) >= 11 is 3.01. The minimum absolute atomic E-state index is 0.0361. The predicted molar refractivity (Wildman–Crippen MR) is 72.9 cm³/mol. The van der Waals surface area contributed by atoms with E-state index in [-0.39, 0.29) is 16.2 Å². The molecule has 0 fully saturated rings. The second-order valence-electron chi connectivity index (χ2n) is 3.76. The van der Waals surface area contributed by atoms with Crippen LogP contribution < -0.4 is 0 Å². The molecule has 0 saturated heterocycles. The number of carbonyl (C=O) groups is 1. The Kier molecular flexibility index (Phi) is 4.70. The fourth-order valence-electron chi connectivity index (χ4n) is 1.55. The minimum Gasteiger partial charge on any atom is -0.478 e. The summed E-state index contributed by atoms with van der Waals surface area (Å²) < 4.78 is 24.6. The zero-order chi connectivity index (χ0) is 13.9. The Labute approximate surface area is 114 Å². The molecule has 1 rings (SSSR count). The standard InChI is InChI=1S/C12H13BrO4S/c1-3-9-4-5-10(12(14)15)6-11(9)18(16,17)7-8(2)13/h4-6H,2-3,7H2,1H3,(H,14,15). The van der Waals surface area contributed by atoms with Crippen LogP contribution in [0.5, 0.6) is 0 Å². The molecule has 0 bridgehead atoms. The number of aromatic carboxylic acids is 1. The summed E-state index contributed by atoms with van der Waals surface area (Å²) in [7, 11) is -3.57. The number of carboxylic acids is 1. The van der Waals surface area contributed by atoms with Gasteiger partial charge >= 0.3 is 5.97 Å². The zero-order valence-corrected chi connectivity index (χ0v) is 12.2. The van der Waals surface area contributed by atoms with E-state index in [1.807, 2.05) is 6.92 Å². The van der Waals surface area contributed by atoms with Gasteiger partial charge in [-0.3, -0.25) is 0 Å². The van der Waals surface area contributed by atoms with Crippen molar-refractivity contribution < 1.29 is 18.3 Å². The Bertz CT molecular complexity index is 590. The maximum Gasteiger partial charge on any atom is 0.335 e. The molecule has 6 heteroatoms. The molecule has 4 nitrogen and oxygen atoms in total. The lowest BCUT2D eigenvalue weighted by atomic mass is 10.1. The number of carboxylic acid groups (broad SMARTS) is 1. The van der Waals surface area contributed by atoms with Crippen LogP contribution in [-0.2, 0) is 16.3 Å². The van der Waals surface area contributed by atoms with Crippen molar-refractivity contribution >= 4 is 31.7 Å². The number of benzene rings is 1. The number of hydrogen-bond acceptors (Lipinski definition) is 3. The first-order chi connectivity index (χ1) is 8.27. The lowest BCUT2D eigenvalue weighted by molar-refractivity contribution is 0.0696. The topological polar surface area (TPSA) is 71.4 Å². The van der Waals surface area contributed by atoms with Crippen LogP contribution in [0.1, 0.15) is 22.8 Å². The van der Waals surface area contributed by atoms with E-state index in [0.717, 1.165) is 0 Å². The van der Waals surface area contributed by atoms with Gasteiger partial charge in [0.15, 0.2) is 9.84 Å². The van der Waals surface area contributed by atoms with E-state index in [2.05, 4.69) is 22.5 Å². The Hall–Kier alpha value is -1.14. The molecule has 0 aromatic heterocycles. The quantitative estimate of drug-likeness (QED) is 0.899. The highest BCUT2D eigenvalue weighted by atomic mass is 79.9. The van der Waals surface area contributed by atoms with Crippen molar-refractivity contribution in [3.05, 3.63) is 40.4 Å². The van der Waals surface area contributed by atoms with Crippen LogP contribution in [-0.4, -0.2) is 25.2 Å². The van der Waals surface area contributed by atoms with Gasteiger partial charge in [0.1, 0.15) is 0 Å². The van der Waals surface area contributed by atoms with E-state index in [1.54, 1.807) is 0 Å². The van der Waals surface area contributed by atoms with Gasteiger partial charge in [0.2, 0.25) is 0 Å². The normalized spacial score (nSPS) is 11.2. The first-order valence-corrected chi connectivity index (χ1v) is 7.64. The Balaban J connectivity index is 3.41. The second-order valence-corrected chi connectivity index (χ2v) is 6.84. The molecular formula is C12H13BrO4S. The van der Waals surface area contributed by atoms with E-state index < -0.39 is 15.8 Å². The Morgan fingerprint density at radius 3 is 2.50 bits per heavy atom. The van der Waals surface area contributed by atoms with Crippen molar-refractivity contribution in [3.8, 4) is 0 Å². The molecule has 0 amide bonds. The molecule has 0 heterocycles. The summed E-state index contributed by atoms with van der Waals surface area (Å²) in [5.74, 6) is -1.39. The highest BCUT2D eigenvalue weighted by Gasteiger charge is 2.20. The van der Waals surface area contributed by atoms with Gasteiger partial charge in [0.25, 0.3) is 0 Å². The van der Waals surface area contributed by atoms with Gasteiger partial charge in [0.05, 0.1) is 16.2 Å². The molecule has 0 radical (unpaired) electrons. The molecule has 1 aromatic carbocycles. The molecule has 0 atom stereocenters. The average Bonchev–Trinajstić information content (AvgIpc) is 2.26. The first kappa shape index (κ1) is 14.9. The van der Waals surface area contributed by atoms with Crippen LogP contribution in [0.15, 0.2) is 34.2 Å². The van der Waals surface area contributed by atoms with Crippen LogP contribution in [0, 0.1) is 0 Å². The van der Waals surface area contributed by atoms with Gasteiger partial charge in [0, 0.05) is 4.48 Å². The summed E-state index contributed by atoms with van der Waals surface area (Å²) in [5, 5.41) is 8.90. The maximum absolute atomic E-state index is 12.1. The van der Waals surface area contributed by atoms with Crippen molar-refractivity contribution in [1.82, 2.24) is 0 Å². The highest BCUT2D eigenvalue weighted by Crippen LogP contribution is 2.22. The lowest BCUT2D eigenvalue weighted by Gasteiger charge is -2.09. The monoisotopic (exact) mass is 332 g/mol.